The first-order chi connectivity index (χ1) is 6.86. The van der Waals surface area contributed by atoms with E-state index in [0.29, 0.717) is 0 Å². The Balaban J connectivity index is 1.79. The zero-order chi connectivity index (χ0) is 9.80. The van der Waals surface area contributed by atoms with E-state index in [0.717, 1.165) is 45.9 Å². The highest BCUT2D eigenvalue weighted by Gasteiger charge is 2.24. The first-order valence-corrected chi connectivity index (χ1v) is 5.17. The van der Waals surface area contributed by atoms with E-state index in [-0.39, 0.29) is 11.9 Å². The van der Waals surface area contributed by atoms with Crippen molar-refractivity contribution in [2.45, 2.75) is 6.04 Å². The molecule has 2 aliphatic heterocycles. The summed E-state index contributed by atoms with van der Waals surface area (Å²) < 4.78 is 5.25. The predicted molar refractivity (Wildman–Crippen MR) is 52.1 cm³/mol. The van der Waals surface area contributed by atoms with Crippen LogP contribution in [0.25, 0.3) is 0 Å². The molecular formula is C9H17N3O2. The Morgan fingerprint density at radius 1 is 1.36 bits per heavy atom. The molecule has 5 heteroatoms. The largest absolute Gasteiger partial charge is 0.379 e. The van der Waals surface area contributed by atoms with Gasteiger partial charge in [0.25, 0.3) is 0 Å². The van der Waals surface area contributed by atoms with Crippen LogP contribution < -0.4 is 10.6 Å². The van der Waals surface area contributed by atoms with Crippen LogP contribution in [0.4, 0.5) is 0 Å². The molecule has 0 aliphatic carbocycles. The third kappa shape index (κ3) is 2.43. The summed E-state index contributed by atoms with van der Waals surface area (Å²) in [5, 5.41) is 6.08. The minimum absolute atomic E-state index is 0.0400. The molecule has 0 aromatic carbocycles. The molecule has 0 unspecified atom stereocenters. The highest BCUT2D eigenvalue weighted by Crippen LogP contribution is 2.00. The van der Waals surface area contributed by atoms with E-state index in [1.165, 1.54) is 0 Å². The van der Waals surface area contributed by atoms with Crippen molar-refractivity contribution in [3.63, 3.8) is 0 Å². The zero-order valence-corrected chi connectivity index (χ0v) is 8.29. The smallest absolute Gasteiger partial charge is 0.238 e. The number of rotatable bonds is 2. The van der Waals surface area contributed by atoms with Crippen molar-refractivity contribution in [1.29, 1.82) is 0 Å². The maximum Gasteiger partial charge on any atom is 0.238 e. The van der Waals surface area contributed by atoms with Crippen molar-refractivity contribution in [1.82, 2.24) is 15.5 Å². The van der Waals surface area contributed by atoms with Crippen molar-refractivity contribution in [3.8, 4) is 0 Å². The van der Waals surface area contributed by atoms with Gasteiger partial charge in [0, 0.05) is 32.7 Å². The van der Waals surface area contributed by atoms with E-state index in [2.05, 4.69) is 15.5 Å². The second kappa shape index (κ2) is 4.72. The summed E-state index contributed by atoms with van der Waals surface area (Å²) in [4.78, 5) is 13.7. The molecule has 0 radical (unpaired) electrons. The number of ether oxygens (including phenoxy) is 1. The number of nitrogens with one attached hydrogen (secondary N) is 2. The summed E-state index contributed by atoms with van der Waals surface area (Å²) in [7, 11) is 0. The highest BCUT2D eigenvalue weighted by atomic mass is 16.5. The topological polar surface area (TPSA) is 53.6 Å². The molecule has 1 atom stereocenters. The van der Waals surface area contributed by atoms with Crippen molar-refractivity contribution in [3.05, 3.63) is 0 Å². The first kappa shape index (κ1) is 9.89. The summed E-state index contributed by atoms with van der Waals surface area (Å²) in [5.41, 5.74) is 0. The minimum atomic E-state index is -0.0400. The summed E-state index contributed by atoms with van der Waals surface area (Å²) >= 11 is 0. The van der Waals surface area contributed by atoms with Crippen LogP contribution in [0.15, 0.2) is 0 Å². The number of piperazine rings is 1. The van der Waals surface area contributed by atoms with E-state index in [4.69, 9.17) is 4.74 Å². The lowest BCUT2D eigenvalue weighted by Crippen LogP contribution is -2.58. The average Bonchev–Trinajstić information content (AvgIpc) is 2.23. The van der Waals surface area contributed by atoms with Gasteiger partial charge >= 0.3 is 0 Å². The van der Waals surface area contributed by atoms with Gasteiger partial charge in [0.2, 0.25) is 5.91 Å². The molecule has 2 fully saturated rings. The maximum atomic E-state index is 11.4. The summed E-state index contributed by atoms with van der Waals surface area (Å²) in [6.07, 6.45) is 0. The molecule has 5 nitrogen and oxygen atoms in total. The van der Waals surface area contributed by atoms with Crippen molar-refractivity contribution < 1.29 is 9.53 Å². The predicted octanol–water partition coefficient (Wildman–Crippen LogP) is -1.59. The van der Waals surface area contributed by atoms with Crippen LogP contribution in [0.1, 0.15) is 0 Å². The number of carbonyl (C=O) groups excluding carboxylic acids is 1. The second-order valence-electron chi connectivity index (χ2n) is 3.71. The Morgan fingerprint density at radius 3 is 2.86 bits per heavy atom. The highest BCUT2D eigenvalue weighted by molar-refractivity contribution is 5.82. The van der Waals surface area contributed by atoms with Gasteiger partial charge in [-0.15, -0.1) is 0 Å². The molecule has 14 heavy (non-hydrogen) atoms. The van der Waals surface area contributed by atoms with Crippen molar-refractivity contribution in [2.24, 2.45) is 0 Å². The zero-order valence-electron chi connectivity index (χ0n) is 8.29. The summed E-state index contributed by atoms with van der Waals surface area (Å²) in [6, 6.07) is -0.0400. The monoisotopic (exact) mass is 199 g/mol. The van der Waals surface area contributed by atoms with Crippen LogP contribution in [0, 0.1) is 0 Å². The fourth-order valence-electron chi connectivity index (χ4n) is 1.84. The molecule has 0 spiro atoms. The number of hydrogen-bond acceptors (Lipinski definition) is 4. The number of amides is 1. The number of hydrogen-bond donors (Lipinski definition) is 2. The average molecular weight is 199 g/mol. The van der Waals surface area contributed by atoms with Crippen molar-refractivity contribution >= 4 is 5.91 Å². The Hall–Kier alpha value is -0.650. The van der Waals surface area contributed by atoms with Crippen LogP contribution in [0.2, 0.25) is 0 Å². The molecule has 0 saturated carbocycles. The molecule has 0 bridgehead atoms. The van der Waals surface area contributed by atoms with Gasteiger partial charge < -0.3 is 15.4 Å². The first-order valence-electron chi connectivity index (χ1n) is 5.17. The molecule has 80 valence electrons. The van der Waals surface area contributed by atoms with Gasteiger partial charge in [0.15, 0.2) is 0 Å². The van der Waals surface area contributed by atoms with E-state index < -0.39 is 0 Å². The Kier molecular flexibility index (Phi) is 3.34. The van der Waals surface area contributed by atoms with Gasteiger partial charge in [-0.3, -0.25) is 9.69 Å². The SMILES string of the molecule is O=C1NCCN[C@@H]1CN1CCOCC1. The van der Waals surface area contributed by atoms with Crippen LogP contribution in [0.3, 0.4) is 0 Å². The van der Waals surface area contributed by atoms with E-state index in [1.807, 2.05) is 0 Å². The van der Waals surface area contributed by atoms with Gasteiger partial charge in [0.1, 0.15) is 0 Å². The Bertz CT molecular complexity index is 204. The molecule has 2 rings (SSSR count). The van der Waals surface area contributed by atoms with Crippen molar-refractivity contribution in [2.75, 3.05) is 45.9 Å². The lowest BCUT2D eigenvalue weighted by Gasteiger charge is -2.32. The third-order valence-electron chi connectivity index (χ3n) is 2.68. The summed E-state index contributed by atoms with van der Waals surface area (Å²) in [6.45, 7) is 5.87. The van der Waals surface area contributed by atoms with Crippen LogP contribution in [0.5, 0.6) is 0 Å². The molecule has 2 heterocycles. The summed E-state index contributed by atoms with van der Waals surface area (Å²) in [5.74, 6) is 0.128. The Morgan fingerprint density at radius 2 is 2.14 bits per heavy atom. The van der Waals surface area contributed by atoms with Gasteiger partial charge in [-0.2, -0.15) is 0 Å². The standard InChI is InChI=1S/C9H17N3O2/c13-9-8(10-1-2-11-9)7-12-3-5-14-6-4-12/h8,10H,1-7H2,(H,11,13)/t8-/m1/s1. The lowest BCUT2D eigenvalue weighted by atomic mass is 10.2. The molecule has 2 N–H and O–H groups in total. The van der Waals surface area contributed by atoms with Crippen LogP contribution in [-0.2, 0) is 9.53 Å². The molecular weight excluding hydrogens is 182 g/mol. The number of nitrogens with zero attached hydrogens (tertiary/aromatic N) is 1. The Labute approximate surface area is 83.8 Å². The molecule has 2 aliphatic rings. The van der Waals surface area contributed by atoms with Crippen LogP contribution >= 0.6 is 0 Å². The van der Waals surface area contributed by atoms with Gasteiger partial charge in [0.05, 0.1) is 19.3 Å². The molecule has 2 saturated heterocycles. The van der Waals surface area contributed by atoms with Gasteiger partial charge in [-0.05, 0) is 0 Å². The fraction of sp³-hybridized carbons (Fsp3) is 0.889. The van der Waals surface area contributed by atoms with Gasteiger partial charge in [-0.1, -0.05) is 0 Å². The molecule has 0 aromatic rings. The van der Waals surface area contributed by atoms with Gasteiger partial charge in [-0.25, -0.2) is 0 Å². The number of carbonyl (C=O) groups is 1. The van der Waals surface area contributed by atoms with E-state index in [1.54, 1.807) is 0 Å². The third-order valence-corrected chi connectivity index (χ3v) is 2.68. The fourth-order valence-corrected chi connectivity index (χ4v) is 1.84. The lowest BCUT2D eigenvalue weighted by molar-refractivity contribution is -0.125. The van der Waals surface area contributed by atoms with E-state index >= 15 is 0 Å². The normalized spacial score (nSPS) is 30.0. The number of morpholine rings is 1. The van der Waals surface area contributed by atoms with E-state index in [9.17, 15) is 4.79 Å². The molecule has 1 amide bonds. The minimum Gasteiger partial charge on any atom is -0.379 e. The maximum absolute atomic E-state index is 11.4. The second-order valence-corrected chi connectivity index (χ2v) is 3.71. The quantitative estimate of drug-likeness (QED) is 0.563. The van der Waals surface area contributed by atoms with Crippen LogP contribution in [-0.4, -0.2) is 62.8 Å². The molecule has 0 aromatic heterocycles.